The molecule has 0 bridgehead atoms. The molecule has 77 heavy (non-hydrogen) atoms. The topological polar surface area (TPSA) is 309 Å². The summed E-state index contributed by atoms with van der Waals surface area (Å²) in [6, 6.07) is 13.9. The van der Waals surface area contributed by atoms with Gasteiger partial charge in [0.1, 0.15) is 80.3 Å². The second kappa shape index (κ2) is 18.2. The van der Waals surface area contributed by atoms with Crippen molar-refractivity contribution >= 4 is 46.2 Å². The third-order valence-corrected chi connectivity index (χ3v) is 14.5. The lowest BCUT2D eigenvalue weighted by Gasteiger charge is -2.43. The van der Waals surface area contributed by atoms with Gasteiger partial charge < -0.3 is 55.1 Å². The molecule has 388 valence electrons. The Morgan fingerprint density at radius 3 is 1.83 bits per heavy atom. The van der Waals surface area contributed by atoms with E-state index in [1.165, 1.54) is 82.7 Å². The van der Waals surface area contributed by atoms with Crippen LogP contribution in [0.15, 0.2) is 95.8 Å². The van der Waals surface area contributed by atoms with Gasteiger partial charge in [0.2, 0.25) is 0 Å². The van der Waals surface area contributed by atoms with Gasteiger partial charge in [-0.05, 0) is 97.0 Å². The fraction of sp³-hybridized carbons (Fsp3) is 0.169. The number of carbonyl (C=O) groups is 7. The zero-order chi connectivity index (χ0) is 55.5. The molecule has 0 saturated heterocycles. The summed E-state index contributed by atoms with van der Waals surface area (Å²) in [4.78, 5) is 98.1. The standard InChI is InChI=1S/C59H44O18/c1-21-14-35(66)49-51(40(21)48-37(68)20-39(76-6)42(24(4)62)56(48)72)53(69)28-12-10-26(17-30(28)54(49)70)43-29-8-7-9-33(64)45(29)57(73)52-47(43)31(46-36(67)19-38(75-5)41(23(3)61)55(46)71)18-32-44-25(16-27(63)15-22(2)60)11-13-34(65)50(44)59(74)77-58(32)52/h7-15,17-20,32,43,58,63-68,71-72H,16H2,1-6H3. The van der Waals surface area contributed by atoms with E-state index < -0.39 is 132 Å². The van der Waals surface area contributed by atoms with E-state index >= 15 is 14.4 Å². The number of aryl methyl sites for hydroxylation is 1. The van der Waals surface area contributed by atoms with Crippen LogP contribution in [-0.2, 0) is 16.0 Å². The highest BCUT2D eigenvalue weighted by atomic mass is 16.5. The van der Waals surface area contributed by atoms with Gasteiger partial charge in [0.25, 0.3) is 0 Å². The number of fused-ring (bicyclic) bond motifs is 7. The Kier molecular flexibility index (Phi) is 11.9. The number of phenols is 7. The summed E-state index contributed by atoms with van der Waals surface area (Å²) in [6.45, 7) is 4.92. The van der Waals surface area contributed by atoms with Crippen LogP contribution < -0.4 is 9.47 Å². The van der Waals surface area contributed by atoms with E-state index in [4.69, 9.17) is 14.2 Å². The van der Waals surface area contributed by atoms with Crippen LogP contribution in [0.4, 0.5) is 0 Å². The summed E-state index contributed by atoms with van der Waals surface area (Å²) in [5, 5.41) is 92.6. The van der Waals surface area contributed by atoms with Gasteiger partial charge in [0.15, 0.2) is 34.7 Å². The molecular formula is C59H44O18. The third kappa shape index (κ3) is 7.50. The normalized spacial score (nSPS) is 17.2. The van der Waals surface area contributed by atoms with Crippen molar-refractivity contribution in [1.82, 2.24) is 0 Å². The van der Waals surface area contributed by atoms with Gasteiger partial charge in [0, 0.05) is 64.3 Å². The van der Waals surface area contributed by atoms with Crippen molar-refractivity contribution in [2.75, 3.05) is 14.2 Å². The van der Waals surface area contributed by atoms with Gasteiger partial charge in [-0.15, -0.1) is 0 Å². The van der Waals surface area contributed by atoms with Gasteiger partial charge in [-0.3, -0.25) is 28.8 Å². The zero-order valence-corrected chi connectivity index (χ0v) is 41.6. The van der Waals surface area contributed by atoms with E-state index in [2.05, 4.69) is 0 Å². The molecule has 3 atom stereocenters. The number of aromatic hydroxyl groups is 7. The summed E-state index contributed by atoms with van der Waals surface area (Å²) in [6.07, 6.45) is 0.345. The zero-order valence-electron chi connectivity index (χ0n) is 41.6. The predicted octanol–water partition coefficient (Wildman–Crippen LogP) is 8.42. The molecule has 18 nitrogen and oxygen atoms in total. The van der Waals surface area contributed by atoms with Crippen LogP contribution in [0.1, 0.15) is 139 Å². The van der Waals surface area contributed by atoms with Crippen LogP contribution in [0.2, 0.25) is 0 Å². The number of aliphatic hydroxyl groups is 1. The van der Waals surface area contributed by atoms with Gasteiger partial charge >= 0.3 is 5.97 Å². The SMILES string of the molecule is COc1cc(O)c(C2=CC3c4c(CC(O)=CC(C)=O)ccc(O)c4C(=O)OC3C3=C2C(c2ccc4c(c2)C(=O)c2c(O)cc(C)c(-c5c(O)cc(OC)c(C(C)=O)c5O)c2C4=O)c2cccc(O)c2C3=O)c(O)c1C(C)=O. The molecular weight excluding hydrogens is 997 g/mol. The van der Waals surface area contributed by atoms with Crippen molar-refractivity contribution in [3.8, 4) is 62.9 Å². The Labute approximate surface area is 436 Å². The van der Waals surface area contributed by atoms with E-state index in [1.807, 2.05) is 0 Å². The van der Waals surface area contributed by atoms with Gasteiger partial charge in [-0.1, -0.05) is 30.3 Å². The predicted molar refractivity (Wildman–Crippen MR) is 272 cm³/mol. The minimum Gasteiger partial charge on any atom is -0.512 e. The summed E-state index contributed by atoms with van der Waals surface area (Å²) < 4.78 is 16.7. The lowest BCUT2D eigenvalue weighted by Crippen LogP contribution is -2.41. The average Bonchev–Trinajstić information content (AvgIpc) is 3.46. The van der Waals surface area contributed by atoms with E-state index in [-0.39, 0.29) is 95.8 Å². The molecule has 4 aliphatic rings. The molecule has 0 fully saturated rings. The quantitative estimate of drug-likeness (QED) is 0.0276. The first-order valence-electron chi connectivity index (χ1n) is 23.7. The minimum atomic E-state index is -1.65. The summed E-state index contributed by atoms with van der Waals surface area (Å²) in [5.41, 5.74) is -4.10. The largest absolute Gasteiger partial charge is 0.512 e. The van der Waals surface area contributed by atoms with E-state index in [0.29, 0.717) is 0 Å². The number of benzene rings is 6. The first-order valence-corrected chi connectivity index (χ1v) is 23.7. The molecule has 6 aromatic carbocycles. The van der Waals surface area contributed by atoms with Crippen molar-refractivity contribution < 1.29 is 88.6 Å². The number of phenolic OH excluding ortho intramolecular Hbond substituents is 7. The maximum atomic E-state index is 15.5. The Hall–Kier alpha value is -9.97. The number of Topliss-reactive ketones (excluding diaryl/α,β-unsaturated/α-hetero) is 3. The number of ether oxygens (including phenoxy) is 3. The molecule has 3 aliphatic carbocycles. The lowest BCUT2D eigenvalue weighted by atomic mass is 9.63. The number of allylic oxidation sites excluding steroid dienone is 4. The molecule has 3 unspecified atom stereocenters. The fourth-order valence-electron chi connectivity index (χ4n) is 11.5. The van der Waals surface area contributed by atoms with Gasteiger partial charge in [0.05, 0.1) is 36.5 Å². The van der Waals surface area contributed by atoms with Gasteiger partial charge in [-0.2, -0.15) is 0 Å². The maximum absolute atomic E-state index is 15.5. The van der Waals surface area contributed by atoms with Crippen molar-refractivity contribution in [3.63, 3.8) is 0 Å². The highest BCUT2D eigenvalue weighted by molar-refractivity contribution is 6.32. The number of esters is 1. The van der Waals surface area contributed by atoms with Crippen LogP contribution in [0.25, 0.3) is 16.7 Å². The van der Waals surface area contributed by atoms with Crippen LogP contribution in [-0.4, -0.2) is 102 Å². The molecule has 0 spiro atoms. The first kappa shape index (κ1) is 50.6. The Morgan fingerprint density at radius 2 is 1.21 bits per heavy atom. The summed E-state index contributed by atoms with van der Waals surface area (Å²) in [5.74, 6) is -14.0. The average molecular weight is 1040 g/mol. The number of methoxy groups -OCH3 is 2. The van der Waals surface area contributed by atoms with E-state index in [9.17, 15) is 60.0 Å². The molecule has 0 amide bonds. The van der Waals surface area contributed by atoms with E-state index in [0.717, 1.165) is 38.1 Å². The van der Waals surface area contributed by atoms with Crippen LogP contribution in [0.5, 0.6) is 51.7 Å². The van der Waals surface area contributed by atoms with Crippen molar-refractivity contribution in [2.24, 2.45) is 0 Å². The number of rotatable bonds is 10. The van der Waals surface area contributed by atoms with Crippen molar-refractivity contribution in [3.05, 3.63) is 174 Å². The van der Waals surface area contributed by atoms with Crippen LogP contribution >= 0.6 is 0 Å². The van der Waals surface area contributed by atoms with Crippen molar-refractivity contribution in [2.45, 2.75) is 52.1 Å². The highest BCUT2D eigenvalue weighted by Gasteiger charge is 2.51. The summed E-state index contributed by atoms with van der Waals surface area (Å²) >= 11 is 0. The lowest BCUT2D eigenvalue weighted by molar-refractivity contribution is -0.112. The molecule has 6 aromatic rings. The van der Waals surface area contributed by atoms with E-state index in [1.54, 1.807) is 0 Å². The fourth-order valence-corrected chi connectivity index (χ4v) is 11.5. The molecule has 0 saturated carbocycles. The second-order valence-corrected chi connectivity index (χ2v) is 19.0. The van der Waals surface area contributed by atoms with Crippen LogP contribution in [0, 0.1) is 6.92 Å². The van der Waals surface area contributed by atoms with Crippen molar-refractivity contribution in [1.29, 1.82) is 0 Å². The smallest absolute Gasteiger partial charge is 0.342 e. The molecule has 0 radical (unpaired) electrons. The summed E-state index contributed by atoms with van der Waals surface area (Å²) in [7, 11) is 2.41. The number of hydrogen-bond acceptors (Lipinski definition) is 18. The second-order valence-electron chi connectivity index (χ2n) is 19.0. The number of aliphatic hydroxyl groups excluding tert-OH is 1. The maximum Gasteiger partial charge on any atom is 0.342 e. The highest BCUT2D eigenvalue weighted by Crippen LogP contribution is 2.59. The molecule has 1 heterocycles. The Balaban J connectivity index is 1.26. The first-order chi connectivity index (χ1) is 36.5. The Bertz CT molecular complexity index is 3900. The third-order valence-electron chi connectivity index (χ3n) is 14.5. The molecule has 10 rings (SSSR count). The molecule has 18 heteroatoms. The van der Waals surface area contributed by atoms with Crippen LogP contribution in [0.3, 0.4) is 0 Å². The Morgan fingerprint density at radius 1 is 0.610 bits per heavy atom. The minimum absolute atomic E-state index is 0.00489. The molecule has 1 aliphatic heterocycles. The molecule has 0 aromatic heterocycles. The molecule has 8 N–H and O–H groups in total. The number of ketones is 6. The van der Waals surface area contributed by atoms with Gasteiger partial charge in [-0.25, -0.2) is 4.79 Å². The number of carbonyl (C=O) groups excluding carboxylic acids is 7. The monoisotopic (exact) mass is 1040 g/mol. The number of hydrogen-bond donors (Lipinski definition) is 8.